The van der Waals surface area contributed by atoms with Crippen LogP contribution in [0.15, 0.2) is 29.1 Å². The SMILES string of the molecule is [O-][Cl+3]([O-])([O-])[O-].c1cc[oH+]c1. The number of hydrogen-bond acceptors (Lipinski definition) is 4. The van der Waals surface area contributed by atoms with Crippen LogP contribution in [0.2, 0.25) is 0 Å². The molecule has 0 saturated heterocycles. The quantitative estimate of drug-likeness (QED) is 0.377. The first kappa shape index (κ1) is 9.41. The van der Waals surface area contributed by atoms with Crippen molar-refractivity contribution in [1.29, 1.82) is 0 Å². The third kappa shape index (κ3) is 15.7. The smallest absolute Gasteiger partial charge is 0.223 e. The van der Waals surface area contributed by atoms with E-state index in [1.54, 1.807) is 12.5 Å². The first-order valence-corrected chi connectivity index (χ1v) is 3.37. The Labute approximate surface area is 58.9 Å². The van der Waals surface area contributed by atoms with Gasteiger partial charge in [-0.1, -0.05) is 0 Å². The molecule has 1 heterocycles. The fourth-order valence-corrected chi connectivity index (χ4v) is 0.248. The third-order valence-corrected chi connectivity index (χ3v) is 0.455. The van der Waals surface area contributed by atoms with Gasteiger partial charge in [0.2, 0.25) is 12.5 Å². The molecular weight excluding hydrogens is 163 g/mol. The molecule has 0 aliphatic rings. The minimum Gasteiger partial charge on any atom is -0.557 e. The molecule has 10 heavy (non-hydrogen) atoms. The molecule has 1 N–H and O–H groups in total. The summed E-state index contributed by atoms with van der Waals surface area (Å²) in [6.07, 6.45) is 3.50. The number of furan rings is 1. The zero-order valence-electron chi connectivity index (χ0n) is 4.77. The molecule has 0 atom stereocenters. The first-order valence-electron chi connectivity index (χ1n) is 2.13. The lowest BCUT2D eigenvalue weighted by atomic mass is 10.7. The van der Waals surface area contributed by atoms with E-state index in [4.69, 9.17) is 18.6 Å². The van der Waals surface area contributed by atoms with Crippen molar-refractivity contribution in [1.82, 2.24) is 0 Å². The van der Waals surface area contributed by atoms with Crippen molar-refractivity contribution in [3.05, 3.63) is 24.7 Å². The van der Waals surface area contributed by atoms with Crippen LogP contribution in [0.25, 0.3) is 0 Å². The maximum Gasteiger partial charge on any atom is 0.223 e. The van der Waals surface area contributed by atoms with E-state index < -0.39 is 10.2 Å². The van der Waals surface area contributed by atoms with Gasteiger partial charge in [0.05, 0.1) is 0 Å². The molecule has 0 spiro atoms. The predicted octanol–water partition coefficient (Wildman–Crippen LogP) is -3.36. The van der Waals surface area contributed by atoms with Crippen LogP contribution in [-0.2, 0) is 0 Å². The van der Waals surface area contributed by atoms with Gasteiger partial charge in [0, 0.05) is 12.1 Å². The van der Waals surface area contributed by atoms with E-state index in [1.807, 2.05) is 12.1 Å². The Morgan fingerprint density at radius 1 is 0.900 bits per heavy atom. The molecule has 0 aromatic carbocycles. The third-order valence-electron chi connectivity index (χ3n) is 0.455. The summed E-state index contributed by atoms with van der Waals surface area (Å²) in [4.78, 5) is 0. The summed E-state index contributed by atoms with van der Waals surface area (Å²) in [6, 6.07) is 3.78. The molecule has 58 valence electrons. The minimum atomic E-state index is -4.94. The van der Waals surface area contributed by atoms with E-state index in [1.165, 1.54) is 0 Å². The van der Waals surface area contributed by atoms with E-state index in [9.17, 15) is 0 Å². The van der Waals surface area contributed by atoms with Gasteiger partial charge in [-0.15, -0.1) is 10.2 Å². The summed E-state index contributed by atoms with van der Waals surface area (Å²) in [6.45, 7) is 0. The lowest BCUT2D eigenvalue weighted by Crippen LogP contribution is -2.68. The van der Waals surface area contributed by atoms with Crippen LogP contribution in [0.5, 0.6) is 0 Å². The predicted molar refractivity (Wildman–Crippen MR) is 19.8 cm³/mol. The topological polar surface area (TPSA) is 105 Å². The molecule has 0 unspecified atom stereocenters. The van der Waals surface area contributed by atoms with Crippen molar-refractivity contribution >= 4 is 0 Å². The van der Waals surface area contributed by atoms with Gasteiger partial charge in [-0.2, -0.15) is 0 Å². The molecule has 0 aliphatic carbocycles. The molecule has 6 heteroatoms. The van der Waals surface area contributed by atoms with Crippen LogP contribution in [0, 0.1) is 10.2 Å². The molecule has 1 aromatic heterocycles. The average molecular weight is 169 g/mol. The van der Waals surface area contributed by atoms with Crippen molar-refractivity contribution in [3.63, 3.8) is 0 Å². The van der Waals surface area contributed by atoms with Crippen molar-refractivity contribution in [2.24, 2.45) is 0 Å². The first-order chi connectivity index (χ1) is 4.50. The fourth-order valence-electron chi connectivity index (χ4n) is 0.248. The van der Waals surface area contributed by atoms with Crippen LogP contribution >= 0.6 is 0 Å². The van der Waals surface area contributed by atoms with Crippen LogP contribution in [-0.4, -0.2) is 0 Å². The summed E-state index contributed by atoms with van der Waals surface area (Å²) >= 11 is 0. The van der Waals surface area contributed by atoms with Crippen molar-refractivity contribution in [2.75, 3.05) is 0 Å². The monoisotopic (exact) mass is 168 g/mol. The molecule has 0 fully saturated rings. The molecule has 0 saturated carbocycles. The Balaban J connectivity index is 0.000000162. The largest absolute Gasteiger partial charge is 0.557 e. The Hall–Kier alpha value is -0.590. The van der Waals surface area contributed by atoms with Gasteiger partial charge in [-0.25, -0.2) is 18.6 Å². The zero-order chi connectivity index (χ0) is 8.04. The summed E-state index contributed by atoms with van der Waals surface area (Å²) in [5.74, 6) is 0. The van der Waals surface area contributed by atoms with Gasteiger partial charge in [-0.05, 0) is 0 Å². The molecule has 0 amide bonds. The summed E-state index contributed by atoms with van der Waals surface area (Å²) in [5, 5.41) is 0. The Morgan fingerprint density at radius 2 is 1.20 bits per heavy atom. The van der Waals surface area contributed by atoms with Crippen molar-refractivity contribution < 1.29 is 33.3 Å². The van der Waals surface area contributed by atoms with Gasteiger partial charge in [-0.3, -0.25) is 0 Å². The van der Waals surface area contributed by atoms with Crippen LogP contribution in [0.1, 0.15) is 0 Å². The number of halogens is 1. The molecule has 0 aliphatic heterocycles. The average Bonchev–Trinajstić information content (AvgIpc) is 2.07. The standard InChI is InChI=1S/C4H4O.ClHO4/c1-2-4-5-3-1;2-1(3,4)5/h1-4H;(H,2,3,4,5). The van der Waals surface area contributed by atoms with Gasteiger partial charge < -0.3 is 4.42 Å². The van der Waals surface area contributed by atoms with E-state index >= 15 is 0 Å². The van der Waals surface area contributed by atoms with Gasteiger partial charge in [0.15, 0.2) is 0 Å². The van der Waals surface area contributed by atoms with Crippen LogP contribution in [0.4, 0.5) is 0 Å². The Morgan fingerprint density at radius 3 is 1.30 bits per heavy atom. The highest BCUT2D eigenvalue weighted by atomic mass is 35.7. The molecule has 1 rings (SSSR count). The van der Waals surface area contributed by atoms with Crippen molar-refractivity contribution in [3.8, 4) is 0 Å². The Kier molecular flexibility index (Phi) is 4.01. The normalized spacial score (nSPS) is 10.0. The summed E-state index contributed by atoms with van der Waals surface area (Å²) < 4.78 is 37.7. The maximum absolute atomic E-state index is 8.49. The number of hydrogen-bond donors (Lipinski definition) is 0. The van der Waals surface area contributed by atoms with Crippen LogP contribution in [0.3, 0.4) is 0 Å². The highest BCUT2D eigenvalue weighted by molar-refractivity contribution is 4.79. The maximum atomic E-state index is 8.49. The van der Waals surface area contributed by atoms with E-state index in [0.717, 1.165) is 0 Å². The molecular formula is C4H5ClO5. The summed E-state index contributed by atoms with van der Waals surface area (Å²) in [5.41, 5.74) is 0. The second-order valence-electron chi connectivity index (χ2n) is 1.21. The molecule has 0 bridgehead atoms. The fraction of sp³-hybridized carbons (Fsp3) is 0. The van der Waals surface area contributed by atoms with Gasteiger partial charge >= 0.3 is 0 Å². The lowest BCUT2D eigenvalue weighted by Gasteiger charge is -2.17. The van der Waals surface area contributed by atoms with Crippen LogP contribution < -0.4 is 18.6 Å². The zero-order valence-corrected chi connectivity index (χ0v) is 5.52. The highest BCUT2D eigenvalue weighted by Crippen LogP contribution is 1.79. The van der Waals surface area contributed by atoms with E-state index in [0.29, 0.717) is 0 Å². The van der Waals surface area contributed by atoms with Gasteiger partial charge in [0.1, 0.15) is 0 Å². The number of rotatable bonds is 0. The molecule has 1 aromatic rings. The van der Waals surface area contributed by atoms with Gasteiger partial charge in [0.25, 0.3) is 0 Å². The summed E-state index contributed by atoms with van der Waals surface area (Å²) in [7, 11) is -4.94. The lowest BCUT2D eigenvalue weighted by molar-refractivity contribution is -2.00. The van der Waals surface area contributed by atoms with Crippen molar-refractivity contribution in [2.45, 2.75) is 0 Å². The molecule has 5 nitrogen and oxygen atoms in total. The molecule has 0 radical (unpaired) electrons. The Bertz CT molecular complexity index is 120. The second-order valence-corrected chi connectivity index (χ2v) is 1.97. The van der Waals surface area contributed by atoms with E-state index in [2.05, 4.69) is 4.42 Å². The minimum absolute atomic E-state index is 1.75. The van der Waals surface area contributed by atoms with E-state index in [-0.39, 0.29) is 0 Å². The second kappa shape index (κ2) is 4.26. The highest BCUT2D eigenvalue weighted by Gasteiger charge is 1.84.